The van der Waals surface area contributed by atoms with Crippen LogP contribution in [0.3, 0.4) is 0 Å². The maximum absolute atomic E-state index is 12.1. The molecule has 2 rings (SSSR count). The minimum absolute atomic E-state index is 0.000489. The van der Waals surface area contributed by atoms with E-state index in [2.05, 4.69) is 19.2 Å². The summed E-state index contributed by atoms with van der Waals surface area (Å²) in [5.74, 6) is 1.32. The van der Waals surface area contributed by atoms with Crippen molar-refractivity contribution in [2.24, 2.45) is 5.92 Å². The van der Waals surface area contributed by atoms with E-state index >= 15 is 0 Å². The number of hydrogen-bond donors (Lipinski definition) is 5. The van der Waals surface area contributed by atoms with Crippen molar-refractivity contribution in [3.05, 3.63) is 23.8 Å². The largest absolute Gasteiger partial charge is 0.493 e. The third-order valence-corrected chi connectivity index (χ3v) is 5.74. The number of methoxy groups -OCH3 is 1. The Morgan fingerprint density at radius 2 is 1.79 bits per heavy atom. The van der Waals surface area contributed by atoms with E-state index in [0.717, 1.165) is 30.7 Å². The average Bonchev–Trinajstić information content (AvgIpc) is 2.80. The lowest BCUT2D eigenvalue weighted by Gasteiger charge is -2.39. The van der Waals surface area contributed by atoms with Crippen molar-refractivity contribution in [2.75, 3.05) is 13.7 Å². The molecule has 0 radical (unpaired) electrons. The Kier molecular flexibility index (Phi) is 11.4. The number of amides is 1. The predicted octanol–water partition coefficient (Wildman–Crippen LogP) is 1.49. The van der Waals surface area contributed by atoms with Gasteiger partial charge in [0, 0.05) is 13.0 Å². The number of aliphatic hydroxyl groups excluding tert-OH is 4. The van der Waals surface area contributed by atoms with Crippen LogP contribution in [0.25, 0.3) is 0 Å². The number of carbonyl (C=O) groups is 1. The number of rotatable bonds is 13. The van der Waals surface area contributed by atoms with Gasteiger partial charge in [0.15, 0.2) is 11.5 Å². The normalized spacial score (nSPS) is 25.2. The first-order valence-corrected chi connectivity index (χ1v) is 11.7. The van der Waals surface area contributed by atoms with E-state index in [1.54, 1.807) is 18.2 Å². The maximum atomic E-state index is 12.1. The summed E-state index contributed by atoms with van der Waals surface area (Å²) in [5, 5.41) is 42.2. The van der Waals surface area contributed by atoms with Gasteiger partial charge in [0.05, 0.1) is 13.7 Å². The molecule has 5 N–H and O–H groups in total. The molecule has 5 atom stereocenters. The minimum Gasteiger partial charge on any atom is -0.493 e. The highest BCUT2D eigenvalue weighted by Gasteiger charge is 2.44. The van der Waals surface area contributed by atoms with Crippen LogP contribution in [0.15, 0.2) is 18.2 Å². The molecule has 33 heavy (non-hydrogen) atoms. The van der Waals surface area contributed by atoms with Crippen molar-refractivity contribution >= 4 is 5.91 Å². The molecular weight excluding hydrogens is 430 g/mol. The molecule has 1 aromatic rings. The second-order valence-corrected chi connectivity index (χ2v) is 8.92. The fourth-order valence-corrected chi connectivity index (χ4v) is 3.69. The first-order chi connectivity index (χ1) is 15.8. The fourth-order valence-electron chi connectivity index (χ4n) is 3.69. The highest BCUT2D eigenvalue weighted by Crippen LogP contribution is 2.32. The zero-order valence-electron chi connectivity index (χ0n) is 19.8. The summed E-state index contributed by atoms with van der Waals surface area (Å²) in [7, 11) is 1.46. The number of aliphatic hydroxyl groups is 4. The van der Waals surface area contributed by atoms with Crippen LogP contribution in [0.5, 0.6) is 11.5 Å². The molecule has 0 spiro atoms. The van der Waals surface area contributed by atoms with Crippen LogP contribution in [0.1, 0.15) is 57.9 Å². The quantitative estimate of drug-likeness (QED) is 0.274. The number of hydrogen-bond acceptors (Lipinski definition) is 8. The van der Waals surface area contributed by atoms with Crippen molar-refractivity contribution in [3.63, 3.8) is 0 Å². The smallest absolute Gasteiger partial charge is 0.229 e. The summed E-state index contributed by atoms with van der Waals surface area (Å²) in [4.78, 5) is 12.1. The van der Waals surface area contributed by atoms with Gasteiger partial charge in [0.2, 0.25) is 12.2 Å². The van der Waals surface area contributed by atoms with Gasteiger partial charge in [0.1, 0.15) is 24.4 Å². The van der Waals surface area contributed by atoms with Crippen LogP contribution in [0.2, 0.25) is 0 Å². The molecule has 0 bridgehead atoms. The zero-order chi connectivity index (χ0) is 24.4. The monoisotopic (exact) mass is 469 g/mol. The highest BCUT2D eigenvalue weighted by molar-refractivity contribution is 5.75. The summed E-state index contributed by atoms with van der Waals surface area (Å²) in [6, 6.07) is 5.05. The Balaban J connectivity index is 1.84. The van der Waals surface area contributed by atoms with Gasteiger partial charge >= 0.3 is 0 Å². The van der Waals surface area contributed by atoms with Gasteiger partial charge in [0.25, 0.3) is 0 Å². The Bertz CT molecular complexity index is 726. The molecule has 1 aliphatic heterocycles. The Morgan fingerprint density at radius 3 is 2.45 bits per heavy atom. The molecule has 188 valence electrons. The molecule has 1 heterocycles. The van der Waals surface area contributed by atoms with Crippen LogP contribution in [-0.4, -0.2) is 70.8 Å². The average molecular weight is 470 g/mol. The molecule has 0 aromatic heterocycles. The van der Waals surface area contributed by atoms with E-state index < -0.39 is 37.3 Å². The van der Waals surface area contributed by atoms with E-state index in [9.17, 15) is 25.2 Å². The Morgan fingerprint density at radius 1 is 1.06 bits per heavy atom. The van der Waals surface area contributed by atoms with Crippen molar-refractivity contribution in [3.8, 4) is 11.5 Å². The lowest BCUT2D eigenvalue weighted by atomic mass is 9.99. The van der Waals surface area contributed by atoms with Gasteiger partial charge in [-0.1, -0.05) is 45.6 Å². The molecule has 0 aliphatic carbocycles. The topological polar surface area (TPSA) is 138 Å². The molecular formula is C24H39NO8. The van der Waals surface area contributed by atoms with E-state index in [1.165, 1.54) is 20.0 Å². The molecule has 0 unspecified atom stereocenters. The van der Waals surface area contributed by atoms with Crippen molar-refractivity contribution < 1.29 is 39.4 Å². The van der Waals surface area contributed by atoms with Crippen molar-refractivity contribution in [1.82, 2.24) is 5.32 Å². The van der Waals surface area contributed by atoms with Gasteiger partial charge in [-0.15, -0.1) is 0 Å². The summed E-state index contributed by atoms with van der Waals surface area (Å²) in [5.41, 5.74) is 0.804. The van der Waals surface area contributed by atoms with Crippen LogP contribution >= 0.6 is 0 Å². The summed E-state index contributed by atoms with van der Waals surface area (Å²) < 4.78 is 16.4. The van der Waals surface area contributed by atoms with Crippen LogP contribution in [-0.2, 0) is 16.1 Å². The van der Waals surface area contributed by atoms with Gasteiger partial charge in [-0.05, 0) is 30.0 Å². The van der Waals surface area contributed by atoms with E-state index in [-0.39, 0.29) is 11.7 Å². The Labute approximate surface area is 195 Å². The molecule has 1 fully saturated rings. The predicted molar refractivity (Wildman–Crippen MR) is 122 cm³/mol. The number of carbonyl (C=O) groups excluding carboxylic acids is 1. The van der Waals surface area contributed by atoms with Gasteiger partial charge in [-0.2, -0.15) is 0 Å². The number of ether oxygens (including phenoxy) is 3. The van der Waals surface area contributed by atoms with Gasteiger partial charge in [-0.25, -0.2) is 0 Å². The molecule has 1 saturated heterocycles. The first-order valence-electron chi connectivity index (χ1n) is 11.7. The lowest BCUT2D eigenvalue weighted by molar-refractivity contribution is -0.277. The van der Waals surface area contributed by atoms with Crippen LogP contribution in [0, 0.1) is 5.92 Å². The van der Waals surface area contributed by atoms with E-state index in [1.807, 2.05) is 0 Å². The molecule has 9 nitrogen and oxygen atoms in total. The van der Waals surface area contributed by atoms with Gasteiger partial charge in [-0.3, -0.25) is 4.79 Å². The minimum atomic E-state index is -1.53. The standard InChI is InChI=1S/C24H39NO8/c1-15(2)8-6-4-5-7-9-20(27)25-13-16-10-11-17(18(12-16)31-3)32-24-23(30)22(29)21(28)19(14-26)33-24/h10-12,15,19,21-24,26,28-30H,4-9,13-14H2,1-3H3,(H,25,27)/t19-,21-,22+,23-,24-/m1/s1. The summed E-state index contributed by atoms with van der Waals surface area (Å²) in [6.07, 6.45) is -0.871. The second-order valence-electron chi connectivity index (χ2n) is 8.92. The second kappa shape index (κ2) is 13.7. The molecule has 1 amide bonds. The zero-order valence-corrected chi connectivity index (χ0v) is 19.8. The number of unbranched alkanes of at least 4 members (excludes halogenated alkanes) is 3. The third-order valence-electron chi connectivity index (χ3n) is 5.74. The maximum Gasteiger partial charge on any atom is 0.229 e. The van der Waals surface area contributed by atoms with Crippen LogP contribution < -0.4 is 14.8 Å². The molecule has 1 aromatic carbocycles. The Hall–Kier alpha value is -1.91. The van der Waals surface area contributed by atoms with Crippen molar-refractivity contribution in [1.29, 1.82) is 0 Å². The lowest BCUT2D eigenvalue weighted by Crippen LogP contribution is -2.60. The van der Waals surface area contributed by atoms with E-state index in [0.29, 0.717) is 18.7 Å². The van der Waals surface area contributed by atoms with Crippen molar-refractivity contribution in [2.45, 2.75) is 89.6 Å². The number of benzene rings is 1. The van der Waals surface area contributed by atoms with E-state index in [4.69, 9.17) is 14.2 Å². The molecule has 9 heteroatoms. The summed E-state index contributed by atoms with van der Waals surface area (Å²) >= 11 is 0. The molecule has 0 saturated carbocycles. The SMILES string of the molecule is COc1cc(CNC(=O)CCCCCCC(C)C)ccc1O[C@@H]1O[C@H](CO)[C@@H](O)[C@H](O)[C@H]1O. The van der Waals surface area contributed by atoms with Gasteiger partial charge < -0.3 is 40.0 Å². The number of nitrogens with one attached hydrogen (secondary N) is 1. The van der Waals surface area contributed by atoms with Crippen LogP contribution in [0.4, 0.5) is 0 Å². The summed E-state index contributed by atoms with van der Waals surface area (Å²) in [6.45, 7) is 4.23. The third kappa shape index (κ3) is 8.42. The fraction of sp³-hybridized carbons (Fsp3) is 0.708. The molecule has 1 aliphatic rings. The first kappa shape index (κ1) is 27.3. The highest BCUT2D eigenvalue weighted by atomic mass is 16.7.